The van der Waals surface area contributed by atoms with Crippen molar-refractivity contribution in [2.75, 3.05) is 0 Å². The maximum atomic E-state index is 5.26. The smallest absolute Gasteiger partial charge is 0.0972 e. The molecule has 7 nitrogen and oxygen atoms in total. The second-order valence-corrected chi connectivity index (χ2v) is 15.0. The van der Waals surface area contributed by atoms with Gasteiger partial charge in [0.1, 0.15) is 0 Å². The van der Waals surface area contributed by atoms with Crippen molar-refractivity contribution in [3.05, 3.63) is 188 Å². The van der Waals surface area contributed by atoms with Gasteiger partial charge in [0, 0.05) is 67.6 Å². The first kappa shape index (κ1) is 33.8. The van der Waals surface area contributed by atoms with Crippen LogP contribution >= 0.6 is 0 Å². The Labute approximate surface area is 343 Å². The molecule has 12 aromatic rings. The average molecular weight is 766 g/mol. The molecule has 0 radical (unpaired) electrons. The minimum atomic E-state index is 0.839. The summed E-state index contributed by atoms with van der Waals surface area (Å²) in [6.07, 6.45) is 5.45. The summed E-state index contributed by atoms with van der Waals surface area (Å²) in [6, 6.07) is 58.6. The van der Waals surface area contributed by atoms with Gasteiger partial charge in [-0.1, -0.05) is 91.0 Å². The lowest BCUT2D eigenvalue weighted by molar-refractivity contribution is 1.28. The summed E-state index contributed by atoms with van der Waals surface area (Å²) in [5, 5.41) is 6.33. The van der Waals surface area contributed by atoms with Gasteiger partial charge in [-0.2, -0.15) is 0 Å². The first-order valence-electron chi connectivity index (χ1n) is 19.9. The number of benzene rings is 5. The number of aromatic nitrogens is 7. The molecule has 5 aromatic carbocycles. The van der Waals surface area contributed by atoms with Crippen molar-refractivity contribution in [3.8, 4) is 56.3 Å². The van der Waals surface area contributed by atoms with Gasteiger partial charge >= 0.3 is 0 Å². The minimum Gasteiger partial charge on any atom is -0.255 e. The van der Waals surface area contributed by atoms with Gasteiger partial charge in [0.15, 0.2) is 0 Å². The molecule has 0 saturated heterocycles. The lowest BCUT2D eigenvalue weighted by atomic mass is 9.95. The summed E-state index contributed by atoms with van der Waals surface area (Å²) in [7, 11) is 0. The van der Waals surface area contributed by atoms with E-state index in [0.29, 0.717) is 0 Å². The van der Waals surface area contributed by atoms with E-state index >= 15 is 0 Å². The number of fused-ring (bicyclic) bond motifs is 8. The summed E-state index contributed by atoms with van der Waals surface area (Å²) in [4.78, 5) is 34.7. The molecule has 0 fully saturated rings. The molecule has 0 amide bonds. The SMILES string of the molecule is c1ccc(-c2ccc3ccc(-c4ccc5ccc(-c6cc(-c7ccc8ccc9cccnc9c8n7)cc(-c7ccc8ccc9cccnc9c8n7)c6)cc5n4)cc3n2)nc1. The van der Waals surface area contributed by atoms with Crippen LogP contribution in [0.25, 0.3) is 122 Å². The molecule has 7 heteroatoms. The van der Waals surface area contributed by atoms with E-state index in [4.69, 9.17) is 29.9 Å². The van der Waals surface area contributed by atoms with Gasteiger partial charge in [-0.25, -0.2) is 19.9 Å². The third-order valence-corrected chi connectivity index (χ3v) is 11.3. The number of hydrogen-bond acceptors (Lipinski definition) is 7. The number of hydrogen-bond donors (Lipinski definition) is 0. The molecule has 60 heavy (non-hydrogen) atoms. The van der Waals surface area contributed by atoms with Crippen LogP contribution in [0.15, 0.2) is 188 Å². The topological polar surface area (TPSA) is 90.2 Å². The lowest BCUT2D eigenvalue weighted by Crippen LogP contribution is -1.93. The normalized spacial score (nSPS) is 11.7. The van der Waals surface area contributed by atoms with Gasteiger partial charge < -0.3 is 0 Å². The summed E-state index contributed by atoms with van der Waals surface area (Å²) in [5.41, 5.74) is 14.6. The average Bonchev–Trinajstić information content (AvgIpc) is 3.33. The van der Waals surface area contributed by atoms with Gasteiger partial charge in [0.25, 0.3) is 0 Å². The standard InChI is InChI=1S/C53H31N7/c1-2-24-54-46(7-1)47-23-17-33-9-15-39(31-49(33)58-47)43-20-16-32-8-14-38(30-48(32)57-43)40-27-41(44-21-18-36-12-10-34-5-3-25-55-50(34)52(36)59-44)29-42(28-40)45-22-19-37-13-11-35-6-4-26-56-51(35)53(37)60-45/h1-31H. The van der Waals surface area contributed by atoms with Crippen LogP contribution in [0.4, 0.5) is 0 Å². The Hall–Kier alpha value is -8.29. The van der Waals surface area contributed by atoms with E-state index in [1.807, 2.05) is 48.8 Å². The van der Waals surface area contributed by atoms with Crippen molar-refractivity contribution in [3.63, 3.8) is 0 Å². The fourth-order valence-electron chi connectivity index (χ4n) is 8.25. The highest BCUT2D eigenvalue weighted by atomic mass is 14.8. The monoisotopic (exact) mass is 765 g/mol. The van der Waals surface area contributed by atoms with Crippen LogP contribution < -0.4 is 0 Å². The largest absolute Gasteiger partial charge is 0.255 e. The Bertz CT molecular complexity index is 3540. The first-order valence-corrected chi connectivity index (χ1v) is 19.9. The molecular formula is C53H31N7. The molecular weight excluding hydrogens is 735 g/mol. The Morgan fingerprint density at radius 3 is 1.28 bits per heavy atom. The van der Waals surface area contributed by atoms with Crippen molar-refractivity contribution in [1.82, 2.24) is 34.9 Å². The van der Waals surface area contributed by atoms with Gasteiger partial charge in [0.05, 0.1) is 61.6 Å². The predicted molar refractivity (Wildman–Crippen MR) is 243 cm³/mol. The Morgan fingerprint density at radius 2 is 0.683 bits per heavy atom. The van der Waals surface area contributed by atoms with E-state index in [1.165, 1.54) is 0 Å². The van der Waals surface area contributed by atoms with Crippen LogP contribution in [0.2, 0.25) is 0 Å². The number of rotatable bonds is 5. The van der Waals surface area contributed by atoms with Crippen LogP contribution in [-0.4, -0.2) is 34.9 Å². The zero-order chi connectivity index (χ0) is 39.6. The maximum absolute atomic E-state index is 5.26. The Balaban J connectivity index is 1.00. The molecule has 7 aromatic heterocycles. The molecule has 7 heterocycles. The third kappa shape index (κ3) is 5.87. The van der Waals surface area contributed by atoms with Crippen molar-refractivity contribution in [2.45, 2.75) is 0 Å². The first-order chi connectivity index (χ1) is 29.7. The Morgan fingerprint density at radius 1 is 0.233 bits per heavy atom. The maximum Gasteiger partial charge on any atom is 0.0972 e. The molecule has 0 bridgehead atoms. The summed E-state index contributed by atoms with van der Waals surface area (Å²) in [5.74, 6) is 0. The molecule has 12 rings (SSSR count). The molecule has 0 spiro atoms. The van der Waals surface area contributed by atoms with Crippen molar-refractivity contribution in [1.29, 1.82) is 0 Å². The Kier molecular flexibility index (Phi) is 7.71. The zero-order valence-corrected chi connectivity index (χ0v) is 32.0. The quantitative estimate of drug-likeness (QED) is 0.161. The lowest BCUT2D eigenvalue weighted by Gasteiger charge is -2.13. The molecule has 0 aliphatic carbocycles. The second-order valence-electron chi connectivity index (χ2n) is 15.0. The van der Waals surface area contributed by atoms with E-state index in [-0.39, 0.29) is 0 Å². The molecule has 0 atom stereocenters. The summed E-state index contributed by atoms with van der Waals surface area (Å²) < 4.78 is 0. The van der Waals surface area contributed by atoms with Gasteiger partial charge in [-0.05, 0) is 90.0 Å². The molecule has 0 saturated carbocycles. The van der Waals surface area contributed by atoms with Crippen LogP contribution in [-0.2, 0) is 0 Å². The van der Waals surface area contributed by atoms with E-state index in [0.717, 1.165) is 122 Å². The van der Waals surface area contributed by atoms with Crippen LogP contribution in [0, 0.1) is 0 Å². The third-order valence-electron chi connectivity index (χ3n) is 11.3. The van der Waals surface area contributed by atoms with Crippen LogP contribution in [0.5, 0.6) is 0 Å². The molecule has 278 valence electrons. The fourth-order valence-corrected chi connectivity index (χ4v) is 8.25. The van der Waals surface area contributed by atoms with Crippen molar-refractivity contribution in [2.24, 2.45) is 0 Å². The van der Waals surface area contributed by atoms with Crippen molar-refractivity contribution >= 4 is 65.4 Å². The summed E-state index contributed by atoms with van der Waals surface area (Å²) in [6.45, 7) is 0. The van der Waals surface area contributed by atoms with E-state index in [1.54, 1.807) is 6.20 Å². The van der Waals surface area contributed by atoms with Crippen LogP contribution in [0.3, 0.4) is 0 Å². The molecule has 0 unspecified atom stereocenters. The van der Waals surface area contributed by atoms with E-state index in [9.17, 15) is 0 Å². The highest BCUT2D eigenvalue weighted by Gasteiger charge is 2.14. The fraction of sp³-hybridized carbons (Fsp3) is 0. The van der Waals surface area contributed by atoms with E-state index in [2.05, 4.69) is 138 Å². The van der Waals surface area contributed by atoms with Gasteiger partial charge in [0.2, 0.25) is 0 Å². The summed E-state index contributed by atoms with van der Waals surface area (Å²) >= 11 is 0. The molecule has 0 aliphatic heterocycles. The van der Waals surface area contributed by atoms with Gasteiger partial charge in [-0.3, -0.25) is 15.0 Å². The van der Waals surface area contributed by atoms with Gasteiger partial charge in [-0.15, -0.1) is 0 Å². The zero-order valence-electron chi connectivity index (χ0n) is 32.0. The number of nitrogens with zero attached hydrogens (tertiary/aromatic N) is 7. The highest BCUT2D eigenvalue weighted by Crippen LogP contribution is 2.36. The minimum absolute atomic E-state index is 0.839. The predicted octanol–water partition coefficient (Wildman–Crippen LogP) is 12.7. The number of pyridine rings is 7. The molecule has 0 aliphatic rings. The van der Waals surface area contributed by atoms with Crippen molar-refractivity contribution < 1.29 is 0 Å². The van der Waals surface area contributed by atoms with E-state index < -0.39 is 0 Å². The highest BCUT2D eigenvalue weighted by molar-refractivity contribution is 6.05. The second kappa shape index (κ2) is 13.7. The molecule has 0 N–H and O–H groups in total. The van der Waals surface area contributed by atoms with Crippen LogP contribution in [0.1, 0.15) is 0 Å².